The molecule has 0 spiro atoms. The lowest BCUT2D eigenvalue weighted by Crippen LogP contribution is -2.04. The van der Waals surface area contributed by atoms with Crippen molar-refractivity contribution < 1.29 is 13.2 Å². The molecule has 3 aromatic rings. The van der Waals surface area contributed by atoms with Crippen molar-refractivity contribution in [1.29, 1.82) is 0 Å². The van der Waals surface area contributed by atoms with Gasteiger partial charge in [-0.15, -0.1) is 10.2 Å². The van der Waals surface area contributed by atoms with Crippen LogP contribution in [0.5, 0.6) is 0 Å². The van der Waals surface area contributed by atoms with E-state index in [1.807, 2.05) is 0 Å². The summed E-state index contributed by atoms with van der Waals surface area (Å²) in [4.78, 5) is 4.15. The Hall–Kier alpha value is -2.44. The fourth-order valence-electron chi connectivity index (χ4n) is 1.73. The SMILES string of the molecule is FC(F)(F)c1cccc(-c2ccn3cnnc3n2)c1. The fraction of sp³-hybridized carbons (Fsp3) is 0.0833. The molecule has 0 aliphatic rings. The number of hydrogen-bond donors (Lipinski definition) is 0. The second-order valence-electron chi connectivity index (χ2n) is 3.93. The number of alkyl halides is 3. The standard InChI is InChI=1S/C12H7F3N4/c13-12(14,15)9-3-1-2-8(6-9)10-4-5-19-7-16-18-11(19)17-10/h1-7H. The number of fused-ring (bicyclic) bond motifs is 1. The number of hydrogen-bond acceptors (Lipinski definition) is 3. The van der Waals surface area contributed by atoms with Crippen LogP contribution < -0.4 is 0 Å². The van der Waals surface area contributed by atoms with E-state index < -0.39 is 11.7 Å². The molecule has 19 heavy (non-hydrogen) atoms. The molecule has 0 unspecified atom stereocenters. The van der Waals surface area contributed by atoms with Gasteiger partial charge in [-0.1, -0.05) is 12.1 Å². The molecule has 2 aromatic heterocycles. The van der Waals surface area contributed by atoms with Crippen molar-refractivity contribution >= 4 is 5.78 Å². The molecule has 0 atom stereocenters. The predicted molar refractivity (Wildman–Crippen MR) is 61.2 cm³/mol. The summed E-state index contributed by atoms with van der Waals surface area (Å²) >= 11 is 0. The maximum absolute atomic E-state index is 12.6. The Kier molecular flexibility index (Phi) is 2.48. The molecule has 0 aliphatic heterocycles. The zero-order valence-corrected chi connectivity index (χ0v) is 9.46. The maximum Gasteiger partial charge on any atom is 0.416 e. The van der Waals surface area contributed by atoms with Gasteiger partial charge in [0.15, 0.2) is 0 Å². The van der Waals surface area contributed by atoms with Gasteiger partial charge in [-0.2, -0.15) is 13.2 Å². The third kappa shape index (κ3) is 2.14. The van der Waals surface area contributed by atoms with E-state index in [1.54, 1.807) is 22.7 Å². The van der Waals surface area contributed by atoms with E-state index in [9.17, 15) is 13.2 Å². The van der Waals surface area contributed by atoms with Gasteiger partial charge in [0.25, 0.3) is 5.78 Å². The minimum atomic E-state index is -4.37. The molecule has 2 heterocycles. The zero-order chi connectivity index (χ0) is 13.5. The van der Waals surface area contributed by atoms with E-state index in [-0.39, 0.29) is 0 Å². The first-order valence-electron chi connectivity index (χ1n) is 5.38. The summed E-state index contributed by atoms with van der Waals surface area (Å²) in [7, 11) is 0. The van der Waals surface area contributed by atoms with Crippen molar-refractivity contribution in [2.24, 2.45) is 0 Å². The summed E-state index contributed by atoms with van der Waals surface area (Å²) in [6.07, 6.45) is -1.24. The van der Waals surface area contributed by atoms with Crippen molar-refractivity contribution in [3.05, 3.63) is 48.4 Å². The summed E-state index contributed by atoms with van der Waals surface area (Å²) < 4.78 is 39.5. The molecule has 0 aliphatic carbocycles. The van der Waals surface area contributed by atoms with Crippen molar-refractivity contribution in [3.8, 4) is 11.3 Å². The highest BCUT2D eigenvalue weighted by Crippen LogP contribution is 2.31. The summed E-state index contributed by atoms with van der Waals surface area (Å²) in [5.41, 5.74) is 0.111. The van der Waals surface area contributed by atoms with Crippen molar-refractivity contribution in [2.75, 3.05) is 0 Å². The normalized spacial score (nSPS) is 11.9. The lowest BCUT2D eigenvalue weighted by molar-refractivity contribution is -0.137. The average molecular weight is 264 g/mol. The molecule has 0 amide bonds. The van der Waals surface area contributed by atoms with E-state index in [1.165, 1.54) is 12.4 Å². The van der Waals surface area contributed by atoms with E-state index in [4.69, 9.17) is 0 Å². The fourth-order valence-corrected chi connectivity index (χ4v) is 1.73. The highest BCUT2D eigenvalue weighted by molar-refractivity contribution is 5.61. The van der Waals surface area contributed by atoms with Crippen LogP contribution in [0.1, 0.15) is 5.56 Å². The molecular formula is C12H7F3N4. The molecule has 0 fully saturated rings. The monoisotopic (exact) mass is 264 g/mol. The Balaban J connectivity index is 2.10. The van der Waals surface area contributed by atoms with Crippen LogP contribution in [0.15, 0.2) is 42.9 Å². The Morgan fingerprint density at radius 3 is 2.74 bits per heavy atom. The number of benzene rings is 1. The third-order valence-electron chi connectivity index (χ3n) is 2.65. The Morgan fingerprint density at radius 1 is 1.11 bits per heavy atom. The average Bonchev–Trinajstić information content (AvgIpc) is 2.85. The van der Waals surface area contributed by atoms with Crippen LogP contribution in [0, 0.1) is 0 Å². The van der Waals surface area contributed by atoms with Crippen LogP contribution in [0.2, 0.25) is 0 Å². The van der Waals surface area contributed by atoms with E-state index in [0.29, 0.717) is 17.0 Å². The van der Waals surface area contributed by atoms with E-state index >= 15 is 0 Å². The number of aromatic nitrogens is 4. The summed E-state index contributed by atoms with van der Waals surface area (Å²) in [6.45, 7) is 0. The molecule has 3 rings (SSSR count). The van der Waals surface area contributed by atoms with Crippen molar-refractivity contribution in [2.45, 2.75) is 6.18 Å². The predicted octanol–water partition coefficient (Wildman–Crippen LogP) is 2.81. The molecule has 0 bridgehead atoms. The van der Waals surface area contributed by atoms with Crippen LogP contribution in [0.3, 0.4) is 0 Å². The van der Waals surface area contributed by atoms with Crippen LogP contribution in [0.25, 0.3) is 17.0 Å². The molecule has 1 aromatic carbocycles. The zero-order valence-electron chi connectivity index (χ0n) is 9.46. The van der Waals surface area contributed by atoms with Crippen LogP contribution in [-0.4, -0.2) is 19.6 Å². The summed E-state index contributed by atoms with van der Waals surface area (Å²) in [5, 5.41) is 7.42. The number of halogens is 3. The van der Waals surface area contributed by atoms with Crippen LogP contribution in [0.4, 0.5) is 13.2 Å². The lowest BCUT2D eigenvalue weighted by atomic mass is 10.1. The van der Waals surface area contributed by atoms with Crippen molar-refractivity contribution in [3.63, 3.8) is 0 Å². The Labute approximate surface area is 105 Å². The highest BCUT2D eigenvalue weighted by Gasteiger charge is 2.30. The third-order valence-corrected chi connectivity index (χ3v) is 2.65. The smallest absolute Gasteiger partial charge is 0.273 e. The van der Waals surface area contributed by atoms with Crippen molar-refractivity contribution in [1.82, 2.24) is 19.6 Å². The van der Waals surface area contributed by atoms with Gasteiger partial charge < -0.3 is 0 Å². The number of rotatable bonds is 1. The highest BCUT2D eigenvalue weighted by atomic mass is 19.4. The topological polar surface area (TPSA) is 43.1 Å². The molecule has 0 N–H and O–H groups in total. The van der Waals surface area contributed by atoms with Crippen LogP contribution in [-0.2, 0) is 6.18 Å². The molecule has 0 saturated heterocycles. The summed E-state index contributed by atoms with van der Waals surface area (Å²) in [6, 6.07) is 6.64. The van der Waals surface area contributed by atoms with Gasteiger partial charge in [-0.05, 0) is 18.2 Å². The van der Waals surface area contributed by atoms with Crippen LogP contribution >= 0.6 is 0 Å². The van der Waals surface area contributed by atoms with E-state index in [2.05, 4.69) is 15.2 Å². The number of nitrogens with zero attached hydrogens (tertiary/aromatic N) is 4. The molecule has 7 heteroatoms. The Bertz CT molecular complexity index is 733. The molecule has 0 saturated carbocycles. The van der Waals surface area contributed by atoms with E-state index in [0.717, 1.165) is 12.1 Å². The minimum Gasteiger partial charge on any atom is -0.273 e. The second-order valence-corrected chi connectivity index (χ2v) is 3.93. The molecule has 0 radical (unpaired) electrons. The second kappa shape index (κ2) is 4.04. The van der Waals surface area contributed by atoms with Gasteiger partial charge in [0.1, 0.15) is 6.33 Å². The van der Waals surface area contributed by atoms with Gasteiger partial charge in [0, 0.05) is 11.8 Å². The maximum atomic E-state index is 12.6. The van der Waals surface area contributed by atoms with Gasteiger partial charge in [0.05, 0.1) is 11.3 Å². The quantitative estimate of drug-likeness (QED) is 0.678. The first kappa shape index (κ1) is 11.6. The first-order chi connectivity index (χ1) is 9.04. The van der Waals surface area contributed by atoms with Gasteiger partial charge in [-0.25, -0.2) is 4.98 Å². The first-order valence-corrected chi connectivity index (χ1v) is 5.38. The molecular weight excluding hydrogens is 257 g/mol. The lowest BCUT2D eigenvalue weighted by Gasteiger charge is -2.08. The van der Waals surface area contributed by atoms with Gasteiger partial charge >= 0.3 is 6.18 Å². The molecule has 96 valence electrons. The molecule has 4 nitrogen and oxygen atoms in total. The minimum absolute atomic E-state index is 0.343. The Morgan fingerprint density at radius 2 is 1.95 bits per heavy atom. The summed E-state index contributed by atoms with van der Waals surface area (Å²) in [5.74, 6) is 0.343. The largest absolute Gasteiger partial charge is 0.416 e. The van der Waals surface area contributed by atoms with Gasteiger partial charge in [-0.3, -0.25) is 4.40 Å². The van der Waals surface area contributed by atoms with Gasteiger partial charge in [0.2, 0.25) is 0 Å².